The fourth-order valence-corrected chi connectivity index (χ4v) is 10.2. The Morgan fingerprint density at radius 1 is 0.381 bits per heavy atom. The molecule has 0 amide bonds. The van der Waals surface area contributed by atoms with Gasteiger partial charge in [-0.25, -0.2) is 0 Å². The summed E-state index contributed by atoms with van der Waals surface area (Å²) >= 11 is 0. The average molecular weight is 814 g/mol. The Morgan fingerprint density at radius 3 is 1.65 bits per heavy atom. The molecule has 0 N–H and O–H groups in total. The van der Waals surface area contributed by atoms with Crippen molar-refractivity contribution in [3.05, 3.63) is 234 Å². The van der Waals surface area contributed by atoms with Crippen LogP contribution in [0.25, 0.3) is 44.2 Å². The van der Waals surface area contributed by atoms with Gasteiger partial charge in [-0.3, -0.25) is 0 Å². The summed E-state index contributed by atoms with van der Waals surface area (Å²) in [5.41, 5.74) is 17.5. The third kappa shape index (κ3) is 6.22. The van der Waals surface area contributed by atoms with E-state index in [1.807, 2.05) is 0 Å². The van der Waals surface area contributed by atoms with Gasteiger partial charge in [0.05, 0.1) is 16.8 Å². The van der Waals surface area contributed by atoms with Gasteiger partial charge in [0, 0.05) is 27.8 Å². The molecule has 0 unspecified atom stereocenters. The quantitative estimate of drug-likeness (QED) is 0.172. The molecule has 0 aromatic heterocycles. The van der Waals surface area contributed by atoms with Crippen LogP contribution in [0.3, 0.4) is 0 Å². The number of hydrogen-bond acceptors (Lipinski definition) is 2. The van der Waals surface area contributed by atoms with Gasteiger partial charge in [0.2, 0.25) is 0 Å². The van der Waals surface area contributed by atoms with Gasteiger partial charge in [0.25, 0.3) is 0 Å². The summed E-state index contributed by atoms with van der Waals surface area (Å²) < 4.78 is 6.98. The van der Waals surface area contributed by atoms with Crippen molar-refractivity contribution in [2.45, 2.75) is 57.8 Å². The summed E-state index contributed by atoms with van der Waals surface area (Å²) in [4.78, 5) is 2.44. The number of nitrogens with zero attached hydrogens (tertiary/aromatic N) is 1. The van der Waals surface area contributed by atoms with Crippen LogP contribution in [0.4, 0.5) is 17.1 Å². The molecule has 1 aliphatic carbocycles. The lowest BCUT2D eigenvalue weighted by atomic mass is 9.64. The molecule has 0 saturated carbocycles. The number of benzene rings is 9. The second-order valence-corrected chi connectivity index (χ2v) is 19.3. The molecule has 2 nitrogen and oxygen atoms in total. The topological polar surface area (TPSA) is 12.5 Å². The Balaban J connectivity index is 1.17. The molecule has 9 aromatic carbocycles. The van der Waals surface area contributed by atoms with Crippen LogP contribution in [0, 0.1) is 0 Å². The minimum Gasteiger partial charge on any atom is -0.457 e. The van der Waals surface area contributed by atoms with E-state index in [9.17, 15) is 0 Å². The summed E-state index contributed by atoms with van der Waals surface area (Å²) in [6.45, 7) is 13.9. The Morgan fingerprint density at radius 2 is 0.937 bits per heavy atom. The van der Waals surface area contributed by atoms with Crippen LogP contribution in [0.5, 0.6) is 11.5 Å². The molecular formula is C61H51NO. The molecule has 0 saturated heterocycles. The highest BCUT2D eigenvalue weighted by Crippen LogP contribution is 2.63. The molecule has 63 heavy (non-hydrogen) atoms. The molecule has 9 aromatic rings. The number of ether oxygens (including phenoxy) is 1. The van der Waals surface area contributed by atoms with Gasteiger partial charge in [-0.15, -0.1) is 0 Å². The van der Waals surface area contributed by atoms with E-state index in [1.165, 1.54) is 60.8 Å². The lowest BCUT2D eigenvalue weighted by Crippen LogP contribution is -2.33. The number of anilines is 3. The summed E-state index contributed by atoms with van der Waals surface area (Å²) in [7, 11) is 0. The predicted octanol–water partition coefficient (Wildman–Crippen LogP) is 16.7. The Kier molecular flexibility index (Phi) is 8.89. The first-order valence-electron chi connectivity index (χ1n) is 22.3. The maximum Gasteiger partial charge on any atom is 0.132 e. The van der Waals surface area contributed by atoms with Crippen molar-refractivity contribution in [1.29, 1.82) is 0 Å². The highest BCUT2D eigenvalue weighted by Gasteiger charge is 2.52. The van der Waals surface area contributed by atoms with Crippen molar-refractivity contribution in [3.8, 4) is 44.9 Å². The lowest BCUT2D eigenvalue weighted by Gasteiger charge is -2.40. The van der Waals surface area contributed by atoms with Gasteiger partial charge in [0.1, 0.15) is 11.5 Å². The van der Waals surface area contributed by atoms with Crippen LogP contribution in [0.15, 0.2) is 200 Å². The van der Waals surface area contributed by atoms with Gasteiger partial charge in [-0.05, 0) is 109 Å². The van der Waals surface area contributed by atoms with Gasteiger partial charge in [0.15, 0.2) is 0 Å². The van der Waals surface area contributed by atoms with Crippen LogP contribution in [0.2, 0.25) is 0 Å². The zero-order chi connectivity index (χ0) is 43.1. The first-order chi connectivity index (χ1) is 30.5. The van der Waals surface area contributed by atoms with Gasteiger partial charge in [-0.1, -0.05) is 199 Å². The van der Waals surface area contributed by atoms with E-state index in [-0.39, 0.29) is 10.8 Å². The first-order valence-corrected chi connectivity index (χ1v) is 22.3. The Hall–Kier alpha value is -7.16. The van der Waals surface area contributed by atoms with Crippen LogP contribution in [-0.4, -0.2) is 0 Å². The predicted molar refractivity (Wildman–Crippen MR) is 264 cm³/mol. The monoisotopic (exact) mass is 813 g/mol. The second-order valence-electron chi connectivity index (χ2n) is 19.3. The van der Waals surface area contributed by atoms with Crippen molar-refractivity contribution in [1.82, 2.24) is 0 Å². The van der Waals surface area contributed by atoms with E-state index >= 15 is 0 Å². The van der Waals surface area contributed by atoms with E-state index in [1.54, 1.807) is 0 Å². The van der Waals surface area contributed by atoms with Crippen molar-refractivity contribution in [2.75, 3.05) is 4.90 Å². The highest BCUT2D eigenvalue weighted by atomic mass is 16.5. The molecule has 2 heteroatoms. The van der Waals surface area contributed by atoms with Crippen molar-refractivity contribution >= 4 is 27.8 Å². The van der Waals surface area contributed by atoms with E-state index in [0.717, 1.165) is 45.3 Å². The van der Waals surface area contributed by atoms with Gasteiger partial charge >= 0.3 is 0 Å². The lowest BCUT2D eigenvalue weighted by molar-refractivity contribution is 0.436. The second kappa shape index (κ2) is 14.5. The van der Waals surface area contributed by atoms with Crippen molar-refractivity contribution in [3.63, 3.8) is 0 Å². The zero-order valence-electron chi connectivity index (χ0n) is 36.9. The highest BCUT2D eigenvalue weighted by molar-refractivity contribution is 6.01. The average Bonchev–Trinajstić information content (AvgIpc) is 3.59. The molecule has 11 rings (SSSR count). The van der Waals surface area contributed by atoms with Crippen molar-refractivity contribution < 1.29 is 4.74 Å². The van der Waals surface area contributed by atoms with Crippen LogP contribution < -0.4 is 9.64 Å². The third-order valence-corrected chi connectivity index (χ3v) is 13.5. The molecular weight excluding hydrogens is 763 g/mol. The van der Waals surface area contributed by atoms with Crippen LogP contribution in [-0.2, 0) is 16.2 Å². The molecule has 1 aliphatic heterocycles. The summed E-state index contributed by atoms with van der Waals surface area (Å²) in [5, 5.41) is 2.40. The SMILES string of the molecule is CC(C)(C)c1ccc2c(c1)C1(c3ccccc3Oc3ccc(-c4ccccc4N(c4ccc(-c5ccccc5)cc4)c4cccc5ccccc45)cc31)c1cc(C(C)(C)C)ccc1-2. The molecule has 0 radical (unpaired) electrons. The Labute approximate surface area is 372 Å². The number of hydrogen-bond donors (Lipinski definition) is 0. The zero-order valence-corrected chi connectivity index (χ0v) is 36.9. The first kappa shape index (κ1) is 38.7. The fraction of sp³-hybridized carbons (Fsp3) is 0.148. The summed E-state index contributed by atoms with van der Waals surface area (Å²) in [5.74, 6) is 1.79. The molecule has 0 fully saturated rings. The molecule has 306 valence electrons. The van der Waals surface area contributed by atoms with Gasteiger partial charge in [-0.2, -0.15) is 0 Å². The Bertz CT molecular complexity index is 3150. The standard InChI is InChI=1S/C61H51NO/c1-59(2,3)44-30-34-49-50-35-31-45(60(4,5)6)39-53(50)61(52(49)38-44)51-23-13-15-26-57(51)63-58-36-29-43(37-54(58)61)48-22-12-14-24-55(48)62(56-25-16-20-42-19-10-11-21-47(42)56)46-32-27-41(28-33-46)40-17-8-7-9-18-40/h7-39H,1-6H3. The summed E-state index contributed by atoms with van der Waals surface area (Å²) in [6, 6.07) is 73.9. The van der Waals surface area contributed by atoms with E-state index < -0.39 is 5.41 Å². The molecule has 0 atom stereocenters. The minimum atomic E-state index is -0.620. The normalized spacial score (nSPS) is 13.5. The van der Waals surface area contributed by atoms with Crippen molar-refractivity contribution in [2.24, 2.45) is 0 Å². The summed E-state index contributed by atoms with van der Waals surface area (Å²) in [6.07, 6.45) is 0. The van der Waals surface area contributed by atoms with E-state index in [2.05, 4.69) is 247 Å². The van der Waals surface area contributed by atoms with Gasteiger partial charge < -0.3 is 9.64 Å². The molecule has 2 aliphatic rings. The molecule has 1 spiro atoms. The largest absolute Gasteiger partial charge is 0.457 e. The fourth-order valence-electron chi connectivity index (χ4n) is 10.2. The van der Waals surface area contributed by atoms with E-state index in [4.69, 9.17) is 4.74 Å². The maximum absolute atomic E-state index is 6.98. The van der Waals surface area contributed by atoms with Crippen LogP contribution in [0.1, 0.15) is 74.9 Å². The van der Waals surface area contributed by atoms with E-state index in [0.29, 0.717) is 0 Å². The smallest absolute Gasteiger partial charge is 0.132 e. The maximum atomic E-state index is 6.98. The number of para-hydroxylation sites is 2. The number of fused-ring (bicyclic) bond motifs is 10. The third-order valence-electron chi connectivity index (χ3n) is 13.5. The molecule has 1 heterocycles. The molecule has 0 bridgehead atoms. The number of rotatable bonds is 5. The van der Waals surface area contributed by atoms with Crippen LogP contribution >= 0.6 is 0 Å². The minimum absolute atomic E-state index is 0.0414.